The minimum Gasteiger partial charge on any atom is -0.480 e. The van der Waals surface area contributed by atoms with E-state index >= 15 is 0 Å². The van der Waals surface area contributed by atoms with Crippen LogP contribution in [0.3, 0.4) is 0 Å². The van der Waals surface area contributed by atoms with Gasteiger partial charge in [-0.25, -0.2) is 0 Å². The van der Waals surface area contributed by atoms with E-state index in [1.165, 1.54) is 0 Å². The molecule has 0 aromatic heterocycles. The Bertz CT molecular complexity index is 118. The molecule has 0 saturated carbocycles. The molecule has 0 aliphatic carbocycles. The SMILES string of the molecule is C[C@]1(C(=O)O)CCN1. The van der Waals surface area contributed by atoms with Crippen LogP contribution in [-0.4, -0.2) is 23.2 Å². The number of carboxylic acid groups (broad SMARTS) is 1. The van der Waals surface area contributed by atoms with Crippen molar-refractivity contribution >= 4 is 5.97 Å². The molecule has 0 aromatic rings. The summed E-state index contributed by atoms with van der Waals surface area (Å²) in [5.74, 6) is -0.747. The van der Waals surface area contributed by atoms with Crippen LogP contribution in [0.1, 0.15) is 13.3 Å². The molecule has 0 aromatic carbocycles. The molecule has 1 atom stereocenters. The van der Waals surface area contributed by atoms with Gasteiger partial charge >= 0.3 is 5.97 Å². The maximum absolute atomic E-state index is 10.2. The Labute approximate surface area is 47.7 Å². The zero-order valence-corrected chi connectivity index (χ0v) is 4.77. The largest absolute Gasteiger partial charge is 0.480 e. The van der Waals surface area contributed by atoms with Gasteiger partial charge < -0.3 is 10.4 Å². The Kier molecular flexibility index (Phi) is 1.01. The van der Waals surface area contributed by atoms with Crippen LogP contribution in [0.4, 0.5) is 0 Å². The normalized spacial score (nSPS) is 36.1. The highest BCUT2D eigenvalue weighted by atomic mass is 16.4. The van der Waals surface area contributed by atoms with Crippen LogP contribution in [0.5, 0.6) is 0 Å². The van der Waals surface area contributed by atoms with Crippen molar-refractivity contribution in [3.8, 4) is 0 Å². The summed E-state index contributed by atoms with van der Waals surface area (Å²) in [7, 11) is 0. The van der Waals surface area contributed by atoms with E-state index in [0.29, 0.717) is 0 Å². The molecule has 3 heteroatoms. The number of carbonyl (C=O) groups is 1. The molecule has 46 valence electrons. The summed E-state index contributed by atoms with van der Waals surface area (Å²) in [4.78, 5) is 10.2. The van der Waals surface area contributed by atoms with Crippen molar-refractivity contribution in [3.63, 3.8) is 0 Å². The Balaban J connectivity index is 2.53. The van der Waals surface area contributed by atoms with Crippen molar-refractivity contribution in [2.45, 2.75) is 18.9 Å². The fourth-order valence-electron chi connectivity index (χ4n) is 0.683. The highest BCUT2D eigenvalue weighted by molar-refractivity contribution is 5.79. The van der Waals surface area contributed by atoms with Crippen LogP contribution in [0.25, 0.3) is 0 Å². The Morgan fingerprint density at radius 1 is 1.88 bits per heavy atom. The number of hydrogen-bond donors (Lipinski definition) is 2. The van der Waals surface area contributed by atoms with Crippen molar-refractivity contribution in [1.82, 2.24) is 5.32 Å². The van der Waals surface area contributed by atoms with Gasteiger partial charge in [0.1, 0.15) is 5.54 Å². The summed E-state index contributed by atoms with van der Waals surface area (Å²) >= 11 is 0. The number of carboxylic acids is 1. The van der Waals surface area contributed by atoms with Gasteiger partial charge in [0.25, 0.3) is 0 Å². The summed E-state index contributed by atoms with van der Waals surface area (Å²) in [6.07, 6.45) is 0.752. The first-order chi connectivity index (χ1) is 3.65. The summed E-state index contributed by atoms with van der Waals surface area (Å²) in [6.45, 7) is 2.53. The second-order valence-corrected chi connectivity index (χ2v) is 2.31. The van der Waals surface area contributed by atoms with Crippen LogP contribution in [0.2, 0.25) is 0 Å². The lowest BCUT2D eigenvalue weighted by Gasteiger charge is -2.35. The van der Waals surface area contributed by atoms with E-state index in [-0.39, 0.29) is 0 Å². The predicted octanol–water partition coefficient (Wildman–Crippen LogP) is -0.177. The van der Waals surface area contributed by atoms with E-state index in [9.17, 15) is 4.79 Å². The quantitative estimate of drug-likeness (QED) is 0.498. The van der Waals surface area contributed by atoms with Gasteiger partial charge in [0.2, 0.25) is 0 Å². The van der Waals surface area contributed by atoms with Gasteiger partial charge in [-0.2, -0.15) is 0 Å². The van der Waals surface area contributed by atoms with Crippen molar-refractivity contribution in [2.24, 2.45) is 0 Å². The molecule has 0 bridgehead atoms. The minimum atomic E-state index is -0.747. The molecule has 1 saturated heterocycles. The zero-order chi connectivity index (χ0) is 6.20. The van der Waals surface area contributed by atoms with Crippen molar-refractivity contribution in [1.29, 1.82) is 0 Å². The lowest BCUT2D eigenvalue weighted by molar-refractivity contribution is -0.147. The molecular weight excluding hydrogens is 106 g/mol. The fourth-order valence-corrected chi connectivity index (χ4v) is 0.683. The van der Waals surface area contributed by atoms with Gasteiger partial charge in [0, 0.05) is 0 Å². The lowest BCUT2D eigenvalue weighted by Crippen LogP contribution is -2.59. The lowest BCUT2D eigenvalue weighted by atomic mass is 9.91. The van der Waals surface area contributed by atoms with Crippen molar-refractivity contribution in [2.75, 3.05) is 6.54 Å². The first kappa shape index (κ1) is 5.56. The van der Waals surface area contributed by atoms with E-state index < -0.39 is 11.5 Å². The van der Waals surface area contributed by atoms with Gasteiger partial charge in [0.15, 0.2) is 0 Å². The van der Waals surface area contributed by atoms with E-state index in [0.717, 1.165) is 13.0 Å². The summed E-state index contributed by atoms with van der Waals surface area (Å²) in [6, 6.07) is 0. The molecule has 1 fully saturated rings. The molecule has 0 amide bonds. The van der Waals surface area contributed by atoms with E-state index in [1.54, 1.807) is 6.92 Å². The van der Waals surface area contributed by atoms with Gasteiger partial charge in [0.05, 0.1) is 0 Å². The summed E-state index contributed by atoms with van der Waals surface area (Å²) < 4.78 is 0. The van der Waals surface area contributed by atoms with Gasteiger partial charge in [-0.05, 0) is 19.9 Å². The third-order valence-electron chi connectivity index (χ3n) is 1.61. The Hall–Kier alpha value is -0.570. The van der Waals surface area contributed by atoms with Gasteiger partial charge in [-0.15, -0.1) is 0 Å². The topological polar surface area (TPSA) is 49.3 Å². The van der Waals surface area contributed by atoms with Gasteiger partial charge in [-0.3, -0.25) is 4.79 Å². The van der Waals surface area contributed by atoms with Crippen LogP contribution < -0.4 is 5.32 Å². The van der Waals surface area contributed by atoms with Crippen molar-refractivity contribution < 1.29 is 9.90 Å². The second kappa shape index (κ2) is 1.45. The maximum Gasteiger partial charge on any atom is 0.323 e. The molecule has 1 aliphatic rings. The first-order valence-electron chi connectivity index (χ1n) is 2.63. The Morgan fingerprint density at radius 2 is 2.38 bits per heavy atom. The molecule has 1 aliphatic heterocycles. The zero-order valence-electron chi connectivity index (χ0n) is 4.77. The van der Waals surface area contributed by atoms with Crippen LogP contribution in [0.15, 0.2) is 0 Å². The molecule has 8 heavy (non-hydrogen) atoms. The number of rotatable bonds is 1. The molecule has 0 spiro atoms. The molecule has 0 unspecified atom stereocenters. The minimum absolute atomic E-state index is 0.611. The number of aliphatic carboxylic acids is 1. The molecule has 2 N–H and O–H groups in total. The Morgan fingerprint density at radius 3 is 2.38 bits per heavy atom. The third-order valence-corrected chi connectivity index (χ3v) is 1.61. The van der Waals surface area contributed by atoms with E-state index in [4.69, 9.17) is 5.11 Å². The fraction of sp³-hybridized carbons (Fsp3) is 0.800. The maximum atomic E-state index is 10.2. The smallest absolute Gasteiger partial charge is 0.323 e. The highest BCUT2D eigenvalue weighted by Crippen LogP contribution is 2.16. The first-order valence-corrected chi connectivity index (χ1v) is 2.63. The average Bonchev–Trinajstić information content (AvgIpc) is 1.60. The molecule has 1 rings (SSSR count). The van der Waals surface area contributed by atoms with Crippen molar-refractivity contribution in [3.05, 3.63) is 0 Å². The summed E-state index contributed by atoms with van der Waals surface area (Å²) in [5.41, 5.74) is -0.611. The van der Waals surface area contributed by atoms with Gasteiger partial charge in [-0.1, -0.05) is 0 Å². The highest BCUT2D eigenvalue weighted by Gasteiger charge is 2.38. The van der Waals surface area contributed by atoms with Crippen LogP contribution >= 0.6 is 0 Å². The summed E-state index contributed by atoms with van der Waals surface area (Å²) in [5, 5.41) is 11.3. The van der Waals surface area contributed by atoms with E-state index in [1.807, 2.05) is 0 Å². The van der Waals surface area contributed by atoms with Crippen LogP contribution in [0, 0.1) is 0 Å². The third kappa shape index (κ3) is 0.591. The molecule has 1 heterocycles. The molecule has 0 radical (unpaired) electrons. The average molecular weight is 115 g/mol. The van der Waals surface area contributed by atoms with E-state index in [2.05, 4.69) is 5.32 Å². The molecule has 3 nitrogen and oxygen atoms in total. The number of hydrogen-bond acceptors (Lipinski definition) is 2. The number of nitrogens with one attached hydrogen (secondary N) is 1. The monoisotopic (exact) mass is 115 g/mol. The predicted molar refractivity (Wildman–Crippen MR) is 28.7 cm³/mol. The standard InChI is InChI=1S/C5H9NO2/c1-5(4(7)8)2-3-6-5/h6H,2-3H2,1H3,(H,7,8)/t5-/m1/s1. The van der Waals surface area contributed by atoms with Crippen LogP contribution in [-0.2, 0) is 4.79 Å². The molecular formula is C5H9NO2. The second-order valence-electron chi connectivity index (χ2n) is 2.31.